The Morgan fingerprint density at radius 2 is 1.77 bits per heavy atom. The highest BCUT2D eigenvalue weighted by Gasteiger charge is 2.31. The number of hydrogen-bond donors (Lipinski definition) is 2. The number of morpholine rings is 1. The van der Waals surface area contributed by atoms with Gasteiger partial charge in [-0.2, -0.15) is 13.2 Å². The summed E-state index contributed by atoms with van der Waals surface area (Å²) in [5.74, 6) is -7.54. The fraction of sp³-hybridized carbons (Fsp3) is 0.185. The second kappa shape index (κ2) is 10.7. The first kappa shape index (κ1) is 27.2. The van der Waals surface area contributed by atoms with E-state index in [0.29, 0.717) is 43.1 Å². The minimum Gasteiger partial charge on any atom is -0.378 e. The molecule has 1 saturated heterocycles. The molecule has 2 N–H and O–H groups in total. The van der Waals surface area contributed by atoms with Gasteiger partial charge in [-0.3, -0.25) is 14.6 Å². The number of hydrogen-bond acceptors (Lipinski definition) is 6. The van der Waals surface area contributed by atoms with Crippen LogP contribution in [0.2, 0.25) is 0 Å². The number of amides is 1. The number of nitrogens with one attached hydrogen (secondary N) is 2. The summed E-state index contributed by atoms with van der Waals surface area (Å²) in [7, 11) is 0. The van der Waals surface area contributed by atoms with Crippen molar-refractivity contribution in [2.45, 2.75) is 12.2 Å². The van der Waals surface area contributed by atoms with Crippen molar-refractivity contribution in [2.24, 2.45) is 0 Å². The molecule has 3 aromatic carbocycles. The molecule has 1 aromatic heterocycles. The largest absolute Gasteiger partial charge is 0.416 e. The first-order valence-electron chi connectivity index (χ1n) is 11.8. The second-order valence-corrected chi connectivity index (χ2v) is 8.85. The number of nitrogens with zero attached hydrogens (tertiary/aromatic N) is 2. The lowest BCUT2D eigenvalue weighted by molar-refractivity contribution is -0.137. The van der Waals surface area contributed by atoms with Gasteiger partial charge >= 0.3 is 6.18 Å². The summed E-state index contributed by atoms with van der Waals surface area (Å²) < 4.78 is 88.8. The lowest BCUT2D eigenvalue weighted by Gasteiger charge is -2.23. The van der Waals surface area contributed by atoms with E-state index >= 15 is 4.39 Å². The molecule has 0 saturated carbocycles. The summed E-state index contributed by atoms with van der Waals surface area (Å²) in [6, 6.07) is 7.19. The summed E-state index contributed by atoms with van der Waals surface area (Å²) in [6.07, 6.45) is -3.29. The Labute approximate surface area is 222 Å². The molecule has 7 nitrogen and oxygen atoms in total. The highest BCUT2D eigenvalue weighted by atomic mass is 19.4. The Hall–Kier alpha value is -4.36. The zero-order valence-corrected chi connectivity index (χ0v) is 20.3. The van der Waals surface area contributed by atoms with Crippen molar-refractivity contribution in [3.63, 3.8) is 0 Å². The van der Waals surface area contributed by atoms with Gasteiger partial charge in [0.2, 0.25) is 0 Å². The number of aromatic nitrogens is 2. The summed E-state index contributed by atoms with van der Waals surface area (Å²) >= 11 is 0. The molecule has 1 amide bonds. The van der Waals surface area contributed by atoms with Gasteiger partial charge in [0.05, 0.1) is 59.0 Å². The molecule has 0 spiro atoms. The predicted octanol–water partition coefficient (Wildman–Crippen LogP) is 5.21. The van der Waals surface area contributed by atoms with E-state index in [2.05, 4.69) is 15.3 Å². The fourth-order valence-electron chi connectivity index (χ4n) is 4.16. The molecule has 1 aliphatic heterocycles. The quantitative estimate of drug-likeness (QED) is 0.198. The van der Waals surface area contributed by atoms with E-state index in [4.69, 9.17) is 4.74 Å². The van der Waals surface area contributed by atoms with Crippen molar-refractivity contribution < 1.29 is 40.7 Å². The van der Waals surface area contributed by atoms with Gasteiger partial charge in [-0.25, -0.2) is 18.2 Å². The fourth-order valence-corrected chi connectivity index (χ4v) is 4.16. The molecule has 2 heterocycles. The second-order valence-electron chi connectivity index (χ2n) is 8.85. The average molecular weight is 560 g/mol. The zero-order chi connectivity index (χ0) is 28.6. The van der Waals surface area contributed by atoms with Gasteiger partial charge in [0, 0.05) is 23.7 Å². The van der Waals surface area contributed by atoms with Crippen LogP contribution in [-0.2, 0) is 10.9 Å². The number of carbonyl (C=O) groups excluding carboxylic acids is 2. The van der Waals surface area contributed by atoms with Crippen LogP contribution in [-0.4, -0.2) is 41.4 Å². The van der Waals surface area contributed by atoms with Crippen molar-refractivity contribution in [2.75, 3.05) is 25.1 Å². The first-order valence-corrected chi connectivity index (χ1v) is 11.8. The van der Waals surface area contributed by atoms with Crippen LogP contribution < -0.4 is 10.6 Å². The molecule has 1 aliphatic rings. The monoisotopic (exact) mass is 560 g/mol. The first-order chi connectivity index (χ1) is 19.0. The molecule has 0 bridgehead atoms. The lowest BCUT2D eigenvalue weighted by atomic mass is 10.00. The third-order valence-corrected chi connectivity index (χ3v) is 6.19. The van der Waals surface area contributed by atoms with E-state index in [9.17, 15) is 31.5 Å². The smallest absolute Gasteiger partial charge is 0.378 e. The van der Waals surface area contributed by atoms with Gasteiger partial charge < -0.3 is 15.4 Å². The Morgan fingerprint density at radius 1 is 0.975 bits per heavy atom. The van der Waals surface area contributed by atoms with E-state index in [-0.39, 0.29) is 17.1 Å². The average Bonchev–Trinajstić information content (AvgIpc) is 2.95. The lowest BCUT2D eigenvalue weighted by Crippen LogP contribution is -2.35. The van der Waals surface area contributed by atoms with Crippen LogP contribution in [0.3, 0.4) is 0 Å². The predicted molar refractivity (Wildman–Crippen MR) is 130 cm³/mol. The van der Waals surface area contributed by atoms with Gasteiger partial charge in [0.25, 0.3) is 5.91 Å². The molecule has 0 aliphatic carbocycles. The Morgan fingerprint density at radius 3 is 2.50 bits per heavy atom. The number of halogens is 6. The number of fused-ring (bicyclic) bond motifs is 1. The summed E-state index contributed by atoms with van der Waals surface area (Å²) in [5.41, 5.74) is -2.94. The van der Waals surface area contributed by atoms with Gasteiger partial charge in [-0.15, -0.1) is 0 Å². The number of anilines is 1. The number of carbonyl (C=O) groups is 2. The normalized spacial score (nSPS) is 15.7. The van der Waals surface area contributed by atoms with Crippen molar-refractivity contribution in [1.82, 2.24) is 15.3 Å². The maximum atomic E-state index is 15.3. The third-order valence-electron chi connectivity index (χ3n) is 6.19. The van der Waals surface area contributed by atoms with Crippen LogP contribution in [0, 0.1) is 17.5 Å². The minimum atomic E-state index is -4.75. The van der Waals surface area contributed by atoms with E-state index < -0.39 is 57.7 Å². The van der Waals surface area contributed by atoms with Gasteiger partial charge in [0.15, 0.2) is 23.2 Å². The van der Waals surface area contributed by atoms with E-state index in [1.807, 2.05) is 5.32 Å². The molecule has 1 fully saturated rings. The maximum absolute atomic E-state index is 15.3. The third kappa shape index (κ3) is 5.38. The molecule has 1 atom stereocenters. The van der Waals surface area contributed by atoms with Crippen molar-refractivity contribution in [3.8, 4) is 0 Å². The van der Waals surface area contributed by atoms with E-state index in [0.717, 1.165) is 18.2 Å². The van der Waals surface area contributed by atoms with Crippen molar-refractivity contribution in [1.29, 1.82) is 0 Å². The summed E-state index contributed by atoms with van der Waals surface area (Å²) in [5, 5.41) is 5.14. The number of ether oxygens (including phenoxy) is 1. The maximum Gasteiger partial charge on any atom is 0.416 e. The molecular formula is C27H18F6N4O3. The summed E-state index contributed by atoms with van der Waals surface area (Å²) in [4.78, 5) is 34.3. The molecule has 206 valence electrons. The molecule has 13 heteroatoms. The SMILES string of the molecule is O=C(Nc1cc(F)c(F)c(C(=O)c2ccc3nc(C4COCCN4)cnc3c2)c1F)c1cccc(C(F)(F)F)c1. The molecular weight excluding hydrogens is 542 g/mol. The van der Waals surface area contributed by atoms with Crippen molar-refractivity contribution in [3.05, 3.63) is 100 Å². The number of alkyl halides is 3. The van der Waals surface area contributed by atoms with Crippen LogP contribution in [0.25, 0.3) is 11.0 Å². The van der Waals surface area contributed by atoms with Crippen LogP contribution in [0.15, 0.2) is 54.7 Å². The number of ketones is 1. The molecule has 4 aromatic rings. The zero-order valence-electron chi connectivity index (χ0n) is 20.3. The molecule has 40 heavy (non-hydrogen) atoms. The van der Waals surface area contributed by atoms with E-state index in [1.54, 1.807) is 0 Å². The Balaban J connectivity index is 1.45. The van der Waals surface area contributed by atoms with E-state index in [1.165, 1.54) is 24.4 Å². The number of benzene rings is 3. The topological polar surface area (TPSA) is 93.2 Å². The summed E-state index contributed by atoms with van der Waals surface area (Å²) in [6.45, 7) is 1.58. The Bertz CT molecular complexity index is 1640. The van der Waals surface area contributed by atoms with Crippen molar-refractivity contribution >= 4 is 28.4 Å². The molecule has 0 radical (unpaired) electrons. The standard InChI is InChI=1S/C27H18F6N4O3/c28-16-10-19(37-26(39)14-2-1-3-15(8-14)27(31,32)33)24(30)22(23(16)29)25(38)13-4-5-17-18(9-13)35-11-20(36-17)21-12-40-7-6-34-21/h1-5,8-11,21,34H,6-7,12H2,(H,37,39). The highest BCUT2D eigenvalue weighted by molar-refractivity contribution is 6.12. The minimum absolute atomic E-state index is 0.188. The van der Waals surface area contributed by atoms with Gasteiger partial charge in [0.1, 0.15) is 0 Å². The molecule has 1 unspecified atom stereocenters. The molecule has 5 rings (SSSR count). The van der Waals surface area contributed by atoms with Crippen LogP contribution in [0.1, 0.15) is 43.6 Å². The van der Waals surface area contributed by atoms with Crippen LogP contribution in [0.5, 0.6) is 0 Å². The number of rotatable bonds is 5. The highest BCUT2D eigenvalue weighted by Crippen LogP contribution is 2.31. The van der Waals surface area contributed by atoms with Crippen LogP contribution >= 0.6 is 0 Å². The Kier molecular flexibility index (Phi) is 7.25. The van der Waals surface area contributed by atoms with Gasteiger partial charge in [-0.05, 0) is 36.4 Å². The van der Waals surface area contributed by atoms with Gasteiger partial charge in [-0.1, -0.05) is 6.07 Å². The van der Waals surface area contributed by atoms with Crippen LogP contribution in [0.4, 0.5) is 32.0 Å².